The number of hydroxylamine groups is 1. The summed E-state index contributed by atoms with van der Waals surface area (Å²) in [7, 11) is 0. The van der Waals surface area contributed by atoms with Crippen LogP contribution in [0.4, 0.5) is 0 Å². The van der Waals surface area contributed by atoms with E-state index < -0.39 is 5.91 Å². The van der Waals surface area contributed by atoms with Crippen LogP contribution in [0.3, 0.4) is 0 Å². The highest BCUT2D eigenvalue weighted by Crippen LogP contribution is 1.96. The van der Waals surface area contributed by atoms with Crippen molar-refractivity contribution in [1.82, 2.24) is 5.48 Å². The standard InChI is InChI=1S/C7H7NO2/c9-7(8-10)6-4-2-1-3-5-6/h1-5,10H,(H,8,9)/i8+1. The second kappa shape index (κ2) is 2.98. The third-order valence-electron chi connectivity index (χ3n) is 1.14. The second-order valence-corrected chi connectivity index (χ2v) is 1.81. The molecule has 1 aromatic carbocycles. The van der Waals surface area contributed by atoms with Gasteiger partial charge in [0.2, 0.25) is 0 Å². The summed E-state index contributed by atoms with van der Waals surface area (Å²) < 4.78 is 0. The van der Waals surface area contributed by atoms with E-state index in [1.807, 2.05) is 0 Å². The molecule has 10 heavy (non-hydrogen) atoms. The van der Waals surface area contributed by atoms with E-state index in [0.29, 0.717) is 5.56 Å². The first-order chi connectivity index (χ1) is 4.84. The molecule has 0 saturated heterocycles. The molecule has 0 aliphatic heterocycles. The molecule has 1 amide bonds. The molecule has 0 aliphatic rings. The van der Waals surface area contributed by atoms with Crippen LogP contribution in [0.15, 0.2) is 30.3 Å². The quantitative estimate of drug-likeness (QED) is 0.342. The molecule has 1 aromatic rings. The lowest BCUT2D eigenvalue weighted by Crippen LogP contribution is -2.18. The van der Waals surface area contributed by atoms with Crippen molar-refractivity contribution in [3.8, 4) is 0 Å². The minimum Gasteiger partial charge on any atom is -0.288 e. The lowest BCUT2D eigenvalue weighted by molar-refractivity contribution is 0.0706. The molecule has 0 bridgehead atoms. The van der Waals surface area contributed by atoms with Gasteiger partial charge in [0.1, 0.15) is 0 Å². The van der Waals surface area contributed by atoms with Crippen molar-refractivity contribution in [2.75, 3.05) is 0 Å². The highest BCUT2D eigenvalue weighted by molar-refractivity contribution is 5.93. The smallest absolute Gasteiger partial charge is 0.274 e. The van der Waals surface area contributed by atoms with Gasteiger partial charge in [-0.2, -0.15) is 0 Å². The highest BCUT2D eigenvalue weighted by Gasteiger charge is 1.99. The van der Waals surface area contributed by atoms with Crippen LogP contribution in [0.5, 0.6) is 0 Å². The third kappa shape index (κ3) is 1.33. The van der Waals surface area contributed by atoms with Gasteiger partial charge < -0.3 is 0 Å². The Morgan fingerprint density at radius 3 is 2.40 bits per heavy atom. The molecule has 0 unspecified atom stereocenters. The van der Waals surface area contributed by atoms with Crippen LogP contribution >= 0.6 is 0 Å². The molecule has 0 radical (unpaired) electrons. The summed E-state index contributed by atoms with van der Waals surface area (Å²) >= 11 is 0. The molecule has 3 heteroatoms. The molecule has 0 saturated carbocycles. The van der Waals surface area contributed by atoms with Gasteiger partial charge in [-0.1, -0.05) is 18.2 Å². The van der Waals surface area contributed by atoms with E-state index in [2.05, 4.69) is 0 Å². The van der Waals surface area contributed by atoms with Crippen molar-refractivity contribution in [1.29, 1.82) is 0 Å². The Morgan fingerprint density at radius 1 is 1.30 bits per heavy atom. The van der Waals surface area contributed by atoms with Crippen LogP contribution in [0, 0.1) is 0 Å². The summed E-state index contributed by atoms with van der Waals surface area (Å²) in [6.07, 6.45) is 0. The molecule has 0 atom stereocenters. The van der Waals surface area contributed by atoms with Gasteiger partial charge in [0, 0.05) is 5.56 Å². The number of carbonyl (C=O) groups excluding carboxylic acids is 1. The van der Waals surface area contributed by atoms with E-state index in [0.717, 1.165) is 0 Å². The number of nitrogens with one attached hydrogen (secondary N) is 1. The van der Waals surface area contributed by atoms with Crippen LogP contribution in [-0.2, 0) is 0 Å². The average Bonchev–Trinajstić information content (AvgIpc) is 2.05. The number of amides is 1. The summed E-state index contributed by atoms with van der Waals surface area (Å²) in [5, 5.41) is 8.19. The molecule has 0 fully saturated rings. The zero-order chi connectivity index (χ0) is 7.40. The van der Waals surface area contributed by atoms with Crippen LogP contribution in [0.2, 0.25) is 0 Å². The topological polar surface area (TPSA) is 49.3 Å². The first-order valence-corrected chi connectivity index (χ1v) is 2.84. The second-order valence-electron chi connectivity index (χ2n) is 1.81. The Hall–Kier alpha value is -1.35. The van der Waals surface area contributed by atoms with E-state index in [4.69, 9.17) is 5.21 Å². The summed E-state index contributed by atoms with van der Waals surface area (Å²) in [4.78, 5) is 10.7. The molecule has 0 aliphatic carbocycles. The van der Waals surface area contributed by atoms with Crippen LogP contribution in [-0.4, -0.2) is 11.1 Å². The predicted octanol–water partition coefficient (Wildman–Crippen LogP) is 0.806. The number of hydrogen-bond acceptors (Lipinski definition) is 2. The Bertz CT molecular complexity index is 220. The van der Waals surface area contributed by atoms with Crippen molar-refractivity contribution in [3.05, 3.63) is 35.9 Å². The average molecular weight is 138 g/mol. The predicted molar refractivity (Wildman–Crippen MR) is 35.7 cm³/mol. The van der Waals surface area contributed by atoms with Crippen molar-refractivity contribution >= 4 is 5.91 Å². The SMILES string of the molecule is O=C([15NH]O)c1ccccc1. The Morgan fingerprint density at radius 2 is 1.90 bits per heavy atom. The number of rotatable bonds is 1. The van der Waals surface area contributed by atoms with Crippen molar-refractivity contribution in [3.63, 3.8) is 0 Å². The molecule has 2 N–H and O–H groups in total. The fourth-order valence-corrected chi connectivity index (χ4v) is 0.654. The lowest BCUT2D eigenvalue weighted by Gasteiger charge is -1.94. The first-order valence-electron chi connectivity index (χ1n) is 2.84. The third-order valence-corrected chi connectivity index (χ3v) is 1.14. The Kier molecular flexibility index (Phi) is 2.02. The van der Waals surface area contributed by atoms with Crippen LogP contribution in [0.25, 0.3) is 0 Å². The maximum Gasteiger partial charge on any atom is 0.274 e. The zero-order valence-electron chi connectivity index (χ0n) is 5.24. The van der Waals surface area contributed by atoms with E-state index in [9.17, 15) is 4.79 Å². The van der Waals surface area contributed by atoms with Gasteiger partial charge in [-0.15, -0.1) is 0 Å². The van der Waals surface area contributed by atoms with Gasteiger partial charge in [0.15, 0.2) is 0 Å². The van der Waals surface area contributed by atoms with Gasteiger partial charge in [0.05, 0.1) is 0 Å². The molecule has 3 nitrogen and oxygen atoms in total. The fraction of sp³-hybridized carbons (Fsp3) is 0. The Balaban J connectivity index is 2.85. The molecule has 0 aromatic heterocycles. The maximum atomic E-state index is 10.7. The number of benzene rings is 1. The lowest BCUT2D eigenvalue weighted by atomic mass is 10.2. The summed E-state index contributed by atoms with van der Waals surface area (Å²) in [6, 6.07) is 8.49. The van der Waals surface area contributed by atoms with Gasteiger partial charge in [-0.3, -0.25) is 10.0 Å². The van der Waals surface area contributed by atoms with Crippen LogP contribution < -0.4 is 5.48 Å². The van der Waals surface area contributed by atoms with Crippen molar-refractivity contribution in [2.24, 2.45) is 0 Å². The van der Waals surface area contributed by atoms with Gasteiger partial charge >= 0.3 is 0 Å². The molecule has 1 rings (SSSR count). The maximum absolute atomic E-state index is 10.7. The number of carbonyl (C=O) groups is 1. The van der Waals surface area contributed by atoms with E-state index in [-0.39, 0.29) is 0 Å². The number of hydrogen-bond donors (Lipinski definition) is 2. The van der Waals surface area contributed by atoms with E-state index in [1.165, 1.54) is 0 Å². The summed E-state index contributed by atoms with van der Waals surface area (Å²) in [5.41, 5.74) is 1.99. The molecular formula is C7H7NO2. The molecule has 52 valence electrons. The minimum absolute atomic E-state index is 0.449. The normalized spacial score (nSPS) is 8.90. The van der Waals surface area contributed by atoms with Gasteiger partial charge in [-0.25, -0.2) is 5.48 Å². The van der Waals surface area contributed by atoms with Gasteiger partial charge in [-0.05, 0) is 12.1 Å². The summed E-state index contributed by atoms with van der Waals surface area (Å²) in [6.45, 7) is 0. The highest BCUT2D eigenvalue weighted by atomic mass is 16.7. The molecular weight excluding hydrogens is 131 g/mol. The van der Waals surface area contributed by atoms with E-state index >= 15 is 0 Å². The monoisotopic (exact) mass is 138 g/mol. The Labute approximate surface area is 58.3 Å². The first kappa shape index (κ1) is 6.77. The molecule has 0 spiro atoms. The largest absolute Gasteiger partial charge is 0.288 e. The van der Waals surface area contributed by atoms with Crippen LogP contribution in [0.1, 0.15) is 10.4 Å². The zero-order valence-corrected chi connectivity index (χ0v) is 5.24. The van der Waals surface area contributed by atoms with E-state index in [1.54, 1.807) is 35.8 Å². The fourth-order valence-electron chi connectivity index (χ4n) is 0.654. The summed E-state index contributed by atoms with van der Waals surface area (Å²) in [5.74, 6) is -0.486. The minimum atomic E-state index is -0.486. The molecule has 0 heterocycles. The van der Waals surface area contributed by atoms with Gasteiger partial charge in [0.25, 0.3) is 5.91 Å². The van der Waals surface area contributed by atoms with Crippen molar-refractivity contribution in [2.45, 2.75) is 0 Å². The van der Waals surface area contributed by atoms with Crippen molar-refractivity contribution < 1.29 is 10.0 Å².